The van der Waals surface area contributed by atoms with Gasteiger partial charge in [-0.1, -0.05) is 18.3 Å². The molecule has 7 nitrogen and oxygen atoms in total. The van der Waals surface area contributed by atoms with E-state index in [1.54, 1.807) is 13.8 Å². The summed E-state index contributed by atoms with van der Waals surface area (Å²) in [5.41, 5.74) is 6.07. The SMILES string of the molecule is CCC1C(=O)NC(=O)CN1C(=O)c1sc(N)nc1C. The number of nitrogens with two attached hydrogens (primary N) is 1. The third kappa shape index (κ3) is 2.43. The Hall–Kier alpha value is -1.96. The topological polar surface area (TPSA) is 105 Å². The molecule has 2 rings (SSSR count). The van der Waals surface area contributed by atoms with Crippen molar-refractivity contribution in [1.29, 1.82) is 0 Å². The Morgan fingerprint density at radius 1 is 1.58 bits per heavy atom. The second-order valence-corrected chi connectivity index (χ2v) is 5.27. The lowest BCUT2D eigenvalue weighted by Gasteiger charge is -2.33. The summed E-state index contributed by atoms with van der Waals surface area (Å²) in [6.07, 6.45) is 0.443. The van der Waals surface area contributed by atoms with Crippen LogP contribution in [0.1, 0.15) is 28.7 Å². The van der Waals surface area contributed by atoms with Crippen molar-refractivity contribution >= 4 is 34.2 Å². The number of carbonyl (C=O) groups excluding carboxylic acids is 3. The van der Waals surface area contributed by atoms with Crippen LogP contribution in [0, 0.1) is 6.92 Å². The van der Waals surface area contributed by atoms with Crippen LogP contribution < -0.4 is 11.1 Å². The molecule has 0 spiro atoms. The molecule has 0 radical (unpaired) electrons. The summed E-state index contributed by atoms with van der Waals surface area (Å²) in [5, 5.41) is 2.52. The van der Waals surface area contributed by atoms with E-state index in [1.165, 1.54) is 4.90 Å². The van der Waals surface area contributed by atoms with Crippen molar-refractivity contribution in [3.8, 4) is 0 Å². The molecule has 19 heavy (non-hydrogen) atoms. The van der Waals surface area contributed by atoms with Crippen LogP contribution in [-0.4, -0.2) is 40.2 Å². The van der Waals surface area contributed by atoms with Crippen molar-refractivity contribution in [2.75, 3.05) is 12.3 Å². The van der Waals surface area contributed by atoms with Crippen LogP contribution in [0.4, 0.5) is 5.13 Å². The lowest BCUT2D eigenvalue weighted by atomic mass is 10.1. The number of imide groups is 1. The molecule has 1 saturated heterocycles. The maximum atomic E-state index is 12.4. The molecule has 0 aliphatic carbocycles. The monoisotopic (exact) mass is 282 g/mol. The van der Waals surface area contributed by atoms with Crippen LogP contribution >= 0.6 is 11.3 Å². The number of amides is 3. The Labute approximate surface area is 113 Å². The standard InChI is InChI=1S/C11H14N4O3S/c1-3-6-9(17)14-7(16)4-15(6)10(18)8-5(2)13-11(12)19-8/h6H,3-4H2,1-2H3,(H2,12,13)(H,14,16,17). The lowest BCUT2D eigenvalue weighted by molar-refractivity contribution is -0.138. The number of nitrogen functional groups attached to an aromatic ring is 1. The van der Waals surface area contributed by atoms with Crippen molar-refractivity contribution in [3.05, 3.63) is 10.6 Å². The van der Waals surface area contributed by atoms with Gasteiger partial charge in [0.2, 0.25) is 11.8 Å². The molecule has 0 bridgehead atoms. The second-order valence-electron chi connectivity index (χ2n) is 4.24. The number of rotatable bonds is 2. The van der Waals surface area contributed by atoms with Gasteiger partial charge < -0.3 is 10.6 Å². The molecule has 0 saturated carbocycles. The fourth-order valence-electron chi connectivity index (χ4n) is 2.03. The Bertz CT molecular complexity index is 554. The minimum atomic E-state index is -0.632. The number of thiazole rings is 1. The fourth-order valence-corrected chi connectivity index (χ4v) is 2.82. The molecule has 3 amide bonds. The summed E-state index contributed by atoms with van der Waals surface area (Å²) in [6, 6.07) is -0.632. The molecule has 3 N–H and O–H groups in total. The van der Waals surface area contributed by atoms with E-state index in [9.17, 15) is 14.4 Å². The summed E-state index contributed by atoms with van der Waals surface area (Å²) >= 11 is 1.06. The van der Waals surface area contributed by atoms with E-state index in [4.69, 9.17) is 5.73 Å². The normalized spacial score (nSPS) is 19.5. The molecule has 1 fully saturated rings. The first kappa shape index (κ1) is 13.5. The van der Waals surface area contributed by atoms with Gasteiger partial charge >= 0.3 is 0 Å². The number of nitrogens with zero attached hydrogens (tertiary/aromatic N) is 2. The van der Waals surface area contributed by atoms with Gasteiger partial charge in [0.1, 0.15) is 17.5 Å². The van der Waals surface area contributed by atoms with Crippen molar-refractivity contribution in [3.63, 3.8) is 0 Å². The predicted molar refractivity (Wildman–Crippen MR) is 69.5 cm³/mol. The third-order valence-electron chi connectivity index (χ3n) is 2.91. The maximum absolute atomic E-state index is 12.4. The lowest BCUT2D eigenvalue weighted by Crippen LogP contribution is -2.59. The van der Waals surface area contributed by atoms with Gasteiger partial charge in [-0.25, -0.2) is 4.98 Å². The molecular formula is C11H14N4O3S. The van der Waals surface area contributed by atoms with Crippen molar-refractivity contribution in [2.45, 2.75) is 26.3 Å². The quantitative estimate of drug-likeness (QED) is 0.737. The highest BCUT2D eigenvalue weighted by atomic mass is 32.1. The van der Waals surface area contributed by atoms with E-state index in [0.29, 0.717) is 22.1 Å². The van der Waals surface area contributed by atoms with Crippen LogP contribution in [0.25, 0.3) is 0 Å². The summed E-state index contributed by atoms with van der Waals surface area (Å²) in [7, 11) is 0. The van der Waals surface area contributed by atoms with Gasteiger partial charge in [-0.3, -0.25) is 19.7 Å². The van der Waals surface area contributed by atoms with E-state index in [1.807, 2.05) is 0 Å². The highest BCUT2D eigenvalue weighted by Crippen LogP contribution is 2.23. The van der Waals surface area contributed by atoms with Crippen molar-refractivity contribution in [1.82, 2.24) is 15.2 Å². The summed E-state index contributed by atoms with van der Waals surface area (Å²) in [6.45, 7) is 3.33. The molecule has 0 aromatic carbocycles. The van der Waals surface area contributed by atoms with Crippen LogP contribution in [0.3, 0.4) is 0 Å². The van der Waals surface area contributed by atoms with E-state index in [2.05, 4.69) is 10.3 Å². The van der Waals surface area contributed by atoms with Gasteiger partial charge in [-0.05, 0) is 13.3 Å². The number of hydrogen-bond donors (Lipinski definition) is 2. The highest BCUT2D eigenvalue weighted by molar-refractivity contribution is 7.17. The van der Waals surface area contributed by atoms with E-state index in [0.717, 1.165) is 11.3 Å². The zero-order valence-corrected chi connectivity index (χ0v) is 11.4. The van der Waals surface area contributed by atoms with Gasteiger partial charge in [0.05, 0.1) is 5.69 Å². The third-order valence-corrected chi connectivity index (χ3v) is 3.88. The molecular weight excluding hydrogens is 268 g/mol. The number of aromatic nitrogens is 1. The average molecular weight is 282 g/mol. The van der Waals surface area contributed by atoms with Crippen LogP contribution in [-0.2, 0) is 9.59 Å². The summed E-state index contributed by atoms with van der Waals surface area (Å²) in [4.78, 5) is 41.2. The van der Waals surface area contributed by atoms with E-state index < -0.39 is 17.9 Å². The highest BCUT2D eigenvalue weighted by Gasteiger charge is 2.37. The number of nitrogens with one attached hydrogen (secondary N) is 1. The van der Waals surface area contributed by atoms with Crippen molar-refractivity contribution in [2.24, 2.45) is 0 Å². The minimum Gasteiger partial charge on any atom is -0.375 e. The first-order valence-electron chi connectivity index (χ1n) is 5.81. The smallest absolute Gasteiger partial charge is 0.267 e. The first-order valence-corrected chi connectivity index (χ1v) is 6.63. The molecule has 2 heterocycles. The van der Waals surface area contributed by atoms with Crippen molar-refractivity contribution < 1.29 is 14.4 Å². The van der Waals surface area contributed by atoms with Gasteiger partial charge in [0.25, 0.3) is 5.91 Å². The zero-order chi connectivity index (χ0) is 14.2. The second kappa shape index (κ2) is 4.96. The first-order chi connectivity index (χ1) is 8.93. The van der Waals surface area contributed by atoms with Gasteiger partial charge in [0.15, 0.2) is 5.13 Å². The molecule has 102 valence electrons. The summed E-state index contributed by atoms with van der Waals surface area (Å²) in [5.74, 6) is -1.29. The zero-order valence-electron chi connectivity index (χ0n) is 10.6. The van der Waals surface area contributed by atoms with Gasteiger partial charge in [-0.2, -0.15) is 0 Å². The molecule has 1 aliphatic rings. The minimum absolute atomic E-state index is 0.125. The molecule has 1 unspecified atom stereocenters. The molecule has 1 aromatic rings. The van der Waals surface area contributed by atoms with Crippen LogP contribution in [0.2, 0.25) is 0 Å². The summed E-state index contributed by atoms with van der Waals surface area (Å²) < 4.78 is 0. The molecule has 1 atom stereocenters. The number of piperazine rings is 1. The molecule has 1 aromatic heterocycles. The van der Waals surface area contributed by atoms with Crippen LogP contribution in [0.15, 0.2) is 0 Å². The molecule has 1 aliphatic heterocycles. The van der Waals surface area contributed by atoms with Gasteiger partial charge in [0, 0.05) is 0 Å². The number of anilines is 1. The number of carbonyl (C=O) groups is 3. The fraction of sp³-hybridized carbons (Fsp3) is 0.455. The average Bonchev–Trinajstić information content (AvgIpc) is 2.66. The Balaban J connectivity index is 2.32. The van der Waals surface area contributed by atoms with E-state index >= 15 is 0 Å². The molecule has 8 heteroatoms. The Kier molecular flexibility index (Phi) is 3.52. The van der Waals surface area contributed by atoms with E-state index in [-0.39, 0.29) is 12.5 Å². The maximum Gasteiger partial charge on any atom is 0.267 e. The van der Waals surface area contributed by atoms with Crippen LogP contribution in [0.5, 0.6) is 0 Å². The Morgan fingerprint density at radius 2 is 2.26 bits per heavy atom. The predicted octanol–water partition coefficient (Wildman–Crippen LogP) is -0.0891. The largest absolute Gasteiger partial charge is 0.375 e. The Morgan fingerprint density at radius 3 is 2.79 bits per heavy atom. The van der Waals surface area contributed by atoms with Gasteiger partial charge in [-0.15, -0.1) is 0 Å². The number of hydrogen-bond acceptors (Lipinski definition) is 6. The number of aryl methyl sites for hydroxylation is 1.